The zero-order valence-corrected chi connectivity index (χ0v) is 18.2. The third-order valence-corrected chi connectivity index (χ3v) is 6.43. The number of halogens is 1. The molecule has 0 unspecified atom stereocenters. The van der Waals surface area contributed by atoms with E-state index in [0.717, 1.165) is 44.0 Å². The van der Waals surface area contributed by atoms with Crippen LogP contribution in [0.15, 0.2) is 40.2 Å². The van der Waals surface area contributed by atoms with Crippen molar-refractivity contribution in [2.45, 2.75) is 19.5 Å². The number of methoxy groups -OCH3 is 1. The second-order valence-corrected chi connectivity index (χ2v) is 9.34. The minimum Gasteiger partial charge on any atom is -0.496 e. The smallest absolute Gasteiger partial charge is 0.234 e. The Kier molecular flexibility index (Phi) is 7.29. The Morgan fingerprint density at radius 1 is 1.19 bits per heavy atom. The maximum atomic E-state index is 12.5. The SMILES string of the molecule is COc1ccccc1[C@H](C)NC(=O)CN1CCN(Cc2ccc(Br)s2)CC1. The average molecular weight is 452 g/mol. The molecule has 5 nitrogen and oxygen atoms in total. The lowest BCUT2D eigenvalue weighted by molar-refractivity contribution is -0.123. The van der Waals surface area contributed by atoms with Gasteiger partial charge < -0.3 is 10.1 Å². The highest BCUT2D eigenvalue weighted by atomic mass is 79.9. The topological polar surface area (TPSA) is 44.8 Å². The normalized spacial score (nSPS) is 16.9. The molecule has 0 radical (unpaired) electrons. The Balaban J connectivity index is 1.44. The summed E-state index contributed by atoms with van der Waals surface area (Å²) < 4.78 is 6.57. The number of carbonyl (C=O) groups is 1. The van der Waals surface area contributed by atoms with Crippen LogP contribution >= 0.6 is 27.3 Å². The Morgan fingerprint density at radius 2 is 1.89 bits per heavy atom. The number of hydrogen-bond donors (Lipinski definition) is 1. The molecule has 0 saturated carbocycles. The number of amides is 1. The van der Waals surface area contributed by atoms with E-state index in [1.165, 1.54) is 8.66 Å². The molecule has 1 aliphatic heterocycles. The molecule has 1 fully saturated rings. The van der Waals surface area contributed by atoms with Crippen LogP contribution in [0.1, 0.15) is 23.4 Å². The molecular weight excluding hydrogens is 426 g/mol. The fraction of sp³-hybridized carbons (Fsp3) is 0.450. The molecule has 2 aromatic rings. The molecule has 0 aliphatic carbocycles. The summed E-state index contributed by atoms with van der Waals surface area (Å²) in [5.74, 6) is 0.864. The number of benzene rings is 1. The molecule has 1 amide bonds. The minimum atomic E-state index is -0.0767. The van der Waals surface area contributed by atoms with Gasteiger partial charge in [0.05, 0.1) is 23.5 Å². The van der Waals surface area contributed by atoms with Gasteiger partial charge in [-0.1, -0.05) is 18.2 Å². The maximum Gasteiger partial charge on any atom is 0.234 e. The quantitative estimate of drug-likeness (QED) is 0.699. The van der Waals surface area contributed by atoms with E-state index in [1.54, 1.807) is 18.4 Å². The predicted octanol–water partition coefficient (Wildman–Crippen LogP) is 3.51. The van der Waals surface area contributed by atoms with Gasteiger partial charge in [0.1, 0.15) is 5.75 Å². The number of ether oxygens (including phenoxy) is 1. The predicted molar refractivity (Wildman–Crippen MR) is 113 cm³/mol. The highest BCUT2D eigenvalue weighted by Crippen LogP contribution is 2.25. The van der Waals surface area contributed by atoms with Crippen LogP contribution in [-0.4, -0.2) is 55.5 Å². The van der Waals surface area contributed by atoms with E-state index < -0.39 is 0 Å². The second-order valence-electron chi connectivity index (χ2n) is 6.79. The Morgan fingerprint density at radius 3 is 2.56 bits per heavy atom. The summed E-state index contributed by atoms with van der Waals surface area (Å²) in [7, 11) is 1.65. The summed E-state index contributed by atoms with van der Waals surface area (Å²) in [6, 6.07) is 12.0. The van der Waals surface area contributed by atoms with E-state index >= 15 is 0 Å². The number of nitrogens with one attached hydrogen (secondary N) is 1. The fourth-order valence-corrected chi connectivity index (χ4v) is 4.88. The van der Waals surface area contributed by atoms with Crippen molar-refractivity contribution < 1.29 is 9.53 Å². The van der Waals surface area contributed by atoms with Gasteiger partial charge in [-0.2, -0.15) is 0 Å². The fourth-order valence-electron chi connectivity index (χ4n) is 3.35. The van der Waals surface area contributed by atoms with Crippen LogP contribution < -0.4 is 10.1 Å². The van der Waals surface area contributed by atoms with E-state index in [0.29, 0.717) is 6.54 Å². The van der Waals surface area contributed by atoms with Crippen molar-refractivity contribution in [2.24, 2.45) is 0 Å². The van der Waals surface area contributed by atoms with Crippen molar-refractivity contribution in [3.63, 3.8) is 0 Å². The van der Waals surface area contributed by atoms with Crippen molar-refractivity contribution in [1.82, 2.24) is 15.1 Å². The highest BCUT2D eigenvalue weighted by molar-refractivity contribution is 9.11. The van der Waals surface area contributed by atoms with Crippen molar-refractivity contribution in [2.75, 3.05) is 39.8 Å². The average Bonchev–Trinajstić information content (AvgIpc) is 3.08. The summed E-state index contributed by atoms with van der Waals surface area (Å²) in [5, 5.41) is 3.09. The van der Waals surface area contributed by atoms with Crippen molar-refractivity contribution in [3.05, 3.63) is 50.6 Å². The summed E-state index contributed by atoms with van der Waals surface area (Å²) >= 11 is 5.31. The number of rotatable bonds is 7. The molecule has 146 valence electrons. The van der Waals surface area contributed by atoms with Crippen LogP contribution in [0.4, 0.5) is 0 Å². The lowest BCUT2D eigenvalue weighted by Crippen LogP contribution is -2.49. The number of thiophene rings is 1. The summed E-state index contributed by atoms with van der Waals surface area (Å²) in [6.07, 6.45) is 0. The molecule has 1 saturated heterocycles. The van der Waals surface area contributed by atoms with Crippen LogP contribution in [-0.2, 0) is 11.3 Å². The van der Waals surface area contributed by atoms with Gasteiger partial charge in [-0.15, -0.1) is 11.3 Å². The van der Waals surface area contributed by atoms with E-state index in [2.05, 4.69) is 43.2 Å². The number of carbonyl (C=O) groups excluding carboxylic acids is 1. The molecule has 7 heteroatoms. The van der Waals surface area contributed by atoms with Crippen molar-refractivity contribution in [1.29, 1.82) is 0 Å². The third kappa shape index (κ3) is 5.78. The van der Waals surface area contributed by atoms with Gasteiger partial charge >= 0.3 is 0 Å². The zero-order chi connectivity index (χ0) is 19.2. The van der Waals surface area contributed by atoms with Crippen LogP contribution in [0.3, 0.4) is 0 Å². The molecule has 3 rings (SSSR count). The summed E-state index contributed by atoms with van der Waals surface area (Å²) in [4.78, 5) is 18.5. The Bertz CT molecular complexity index is 759. The molecule has 1 atom stereocenters. The number of hydrogen-bond acceptors (Lipinski definition) is 5. The molecule has 1 N–H and O–H groups in total. The Labute approximate surface area is 173 Å². The first kappa shape index (κ1) is 20.3. The first-order valence-corrected chi connectivity index (χ1v) is 10.8. The lowest BCUT2D eigenvalue weighted by Gasteiger charge is -2.34. The largest absolute Gasteiger partial charge is 0.496 e. The molecule has 0 bridgehead atoms. The molecule has 1 aromatic carbocycles. The van der Waals surface area contributed by atoms with Gasteiger partial charge in [-0.3, -0.25) is 14.6 Å². The van der Waals surface area contributed by atoms with E-state index in [-0.39, 0.29) is 11.9 Å². The van der Waals surface area contributed by atoms with Crippen molar-refractivity contribution >= 4 is 33.2 Å². The Hall–Kier alpha value is -1.41. The van der Waals surface area contributed by atoms with Gasteiger partial charge in [-0.05, 0) is 41.1 Å². The monoisotopic (exact) mass is 451 g/mol. The summed E-state index contributed by atoms with van der Waals surface area (Å²) in [6.45, 7) is 7.24. The van der Waals surface area contributed by atoms with Gasteiger partial charge in [0.25, 0.3) is 0 Å². The highest BCUT2D eigenvalue weighted by Gasteiger charge is 2.21. The minimum absolute atomic E-state index is 0.0593. The standard InChI is InChI=1S/C20H26BrN3O2S/c1-15(17-5-3-4-6-18(17)26-2)22-20(25)14-24-11-9-23(10-12-24)13-16-7-8-19(21)27-16/h3-8,15H,9-14H2,1-2H3,(H,22,25)/t15-/m0/s1. The molecule has 1 aliphatic rings. The van der Waals surface area contributed by atoms with E-state index in [4.69, 9.17) is 4.74 Å². The van der Waals surface area contributed by atoms with Crippen LogP contribution in [0, 0.1) is 0 Å². The van der Waals surface area contributed by atoms with Crippen LogP contribution in [0.25, 0.3) is 0 Å². The van der Waals surface area contributed by atoms with E-state index in [1.807, 2.05) is 31.2 Å². The third-order valence-electron chi connectivity index (χ3n) is 4.82. The molecule has 27 heavy (non-hydrogen) atoms. The van der Waals surface area contributed by atoms with Crippen molar-refractivity contribution in [3.8, 4) is 5.75 Å². The molecule has 1 aromatic heterocycles. The number of piperazine rings is 1. The van der Waals surface area contributed by atoms with Gasteiger partial charge in [0.15, 0.2) is 0 Å². The van der Waals surface area contributed by atoms with Gasteiger partial charge in [0.2, 0.25) is 5.91 Å². The molecule has 2 heterocycles. The van der Waals surface area contributed by atoms with Crippen LogP contribution in [0.2, 0.25) is 0 Å². The van der Waals surface area contributed by atoms with Crippen LogP contribution in [0.5, 0.6) is 5.75 Å². The van der Waals surface area contributed by atoms with Gasteiger partial charge in [0, 0.05) is 43.2 Å². The van der Waals surface area contributed by atoms with E-state index in [9.17, 15) is 4.79 Å². The summed E-state index contributed by atoms with van der Waals surface area (Å²) in [5.41, 5.74) is 1.00. The molecule has 0 spiro atoms. The second kappa shape index (κ2) is 9.68. The number of nitrogens with zero attached hydrogens (tertiary/aromatic N) is 2. The number of para-hydroxylation sites is 1. The first-order chi connectivity index (χ1) is 13.0. The zero-order valence-electron chi connectivity index (χ0n) is 15.8. The lowest BCUT2D eigenvalue weighted by atomic mass is 10.1. The molecular formula is C20H26BrN3O2S. The first-order valence-electron chi connectivity index (χ1n) is 9.16. The van der Waals surface area contributed by atoms with Gasteiger partial charge in [-0.25, -0.2) is 0 Å². The maximum absolute atomic E-state index is 12.5.